The number of carbonyl (C=O) groups excluding carboxylic acids is 1. The Morgan fingerprint density at radius 2 is 1.70 bits per heavy atom. The van der Waals surface area contributed by atoms with E-state index < -0.39 is 5.79 Å². The fraction of sp³-hybridized carbons (Fsp3) is 0.296. The van der Waals surface area contributed by atoms with Gasteiger partial charge in [0.25, 0.3) is 0 Å². The quantitative estimate of drug-likeness (QED) is 0.493. The number of ether oxygens (including phenoxy) is 4. The van der Waals surface area contributed by atoms with E-state index in [4.69, 9.17) is 18.9 Å². The van der Waals surface area contributed by atoms with Crippen LogP contribution in [0.4, 0.5) is 0 Å². The molecule has 1 N–H and O–H groups in total. The SMILES string of the molecule is COc1ccc(COC2(c3ccc(OCC(C)C)cc3)CC(=O)c3c(O)cccc3O2)cc1. The molecule has 33 heavy (non-hydrogen) atoms. The van der Waals surface area contributed by atoms with E-state index in [0.29, 0.717) is 23.8 Å². The minimum absolute atomic E-state index is 0.0695. The van der Waals surface area contributed by atoms with Crippen LogP contribution in [-0.2, 0) is 17.1 Å². The molecule has 0 saturated heterocycles. The van der Waals surface area contributed by atoms with Gasteiger partial charge in [-0.1, -0.05) is 32.0 Å². The van der Waals surface area contributed by atoms with E-state index in [1.165, 1.54) is 6.07 Å². The molecule has 172 valence electrons. The Bertz CT molecular complexity index is 1100. The zero-order valence-electron chi connectivity index (χ0n) is 19.0. The zero-order valence-corrected chi connectivity index (χ0v) is 19.0. The van der Waals surface area contributed by atoms with Gasteiger partial charge in [-0.2, -0.15) is 0 Å². The molecule has 0 aliphatic carbocycles. The van der Waals surface area contributed by atoms with Gasteiger partial charge >= 0.3 is 0 Å². The highest BCUT2D eigenvalue weighted by molar-refractivity contribution is 6.02. The molecule has 1 atom stereocenters. The predicted octanol–water partition coefficient (Wildman–Crippen LogP) is 5.47. The number of ketones is 1. The van der Waals surface area contributed by atoms with Crippen molar-refractivity contribution in [3.63, 3.8) is 0 Å². The molecular weight excluding hydrogens is 420 g/mol. The molecule has 0 bridgehead atoms. The molecule has 3 aromatic rings. The van der Waals surface area contributed by atoms with E-state index in [9.17, 15) is 9.90 Å². The molecule has 0 aromatic heterocycles. The van der Waals surface area contributed by atoms with Crippen LogP contribution in [0.1, 0.15) is 41.8 Å². The lowest BCUT2D eigenvalue weighted by atomic mass is 9.92. The zero-order chi connectivity index (χ0) is 23.4. The summed E-state index contributed by atoms with van der Waals surface area (Å²) in [5, 5.41) is 10.2. The summed E-state index contributed by atoms with van der Waals surface area (Å²) in [7, 11) is 1.61. The highest BCUT2D eigenvalue weighted by Crippen LogP contribution is 2.44. The minimum Gasteiger partial charge on any atom is -0.507 e. The van der Waals surface area contributed by atoms with Gasteiger partial charge in [-0.3, -0.25) is 4.79 Å². The van der Waals surface area contributed by atoms with Crippen molar-refractivity contribution in [2.75, 3.05) is 13.7 Å². The standard InChI is InChI=1S/C27H28O6/c1-18(2)16-31-22-13-9-20(10-14-22)27(32-17-19-7-11-21(30-3)12-8-19)15-24(29)26-23(28)5-4-6-25(26)33-27/h4-14,18,28H,15-17H2,1-3H3. The summed E-state index contributed by atoms with van der Waals surface area (Å²) in [6, 6.07) is 19.7. The summed E-state index contributed by atoms with van der Waals surface area (Å²) in [5.41, 5.74) is 1.78. The van der Waals surface area contributed by atoms with Crippen LogP contribution in [0.3, 0.4) is 0 Å². The van der Waals surface area contributed by atoms with Gasteiger partial charge in [-0.25, -0.2) is 0 Å². The van der Waals surface area contributed by atoms with E-state index in [2.05, 4.69) is 13.8 Å². The van der Waals surface area contributed by atoms with Gasteiger partial charge in [0.1, 0.15) is 28.6 Å². The molecule has 0 fully saturated rings. The van der Waals surface area contributed by atoms with E-state index in [0.717, 1.165) is 17.1 Å². The number of hydrogen-bond donors (Lipinski definition) is 1. The maximum Gasteiger partial charge on any atom is 0.245 e. The monoisotopic (exact) mass is 448 g/mol. The summed E-state index contributed by atoms with van der Waals surface area (Å²) >= 11 is 0. The number of rotatable bonds is 8. The molecule has 0 radical (unpaired) electrons. The summed E-state index contributed by atoms with van der Waals surface area (Å²) in [5.74, 6) is 0.502. The second-order valence-electron chi connectivity index (χ2n) is 8.47. The molecule has 0 amide bonds. The Labute approximate surface area is 193 Å². The average Bonchev–Trinajstić information content (AvgIpc) is 2.82. The van der Waals surface area contributed by atoms with Gasteiger partial charge in [0.05, 0.1) is 26.7 Å². The topological polar surface area (TPSA) is 74.2 Å². The maximum absolute atomic E-state index is 13.1. The normalized spacial score (nSPS) is 17.4. The number of fused-ring (bicyclic) bond motifs is 1. The highest BCUT2D eigenvalue weighted by atomic mass is 16.7. The van der Waals surface area contributed by atoms with E-state index >= 15 is 0 Å². The largest absolute Gasteiger partial charge is 0.507 e. The first-order valence-electron chi connectivity index (χ1n) is 10.9. The number of Topliss-reactive ketones (excluding diaryl/α,β-unsaturated/α-hetero) is 1. The lowest BCUT2D eigenvalue weighted by Crippen LogP contribution is -2.42. The second-order valence-corrected chi connectivity index (χ2v) is 8.47. The number of hydrogen-bond acceptors (Lipinski definition) is 6. The molecule has 0 saturated carbocycles. The van der Waals surface area contributed by atoms with Gasteiger partial charge in [-0.15, -0.1) is 0 Å². The number of phenolic OH excluding ortho intramolecular Hbond substituents is 1. The van der Waals surface area contributed by atoms with Gasteiger partial charge in [0.15, 0.2) is 5.78 Å². The molecule has 3 aromatic carbocycles. The lowest BCUT2D eigenvalue weighted by Gasteiger charge is -2.38. The second kappa shape index (κ2) is 9.55. The molecule has 1 aliphatic rings. The summed E-state index contributed by atoms with van der Waals surface area (Å²) in [6.45, 7) is 5.01. The van der Waals surface area contributed by atoms with Crippen molar-refractivity contribution >= 4 is 5.78 Å². The third-order valence-corrected chi connectivity index (χ3v) is 5.46. The average molecular weight is 449 g/mol. The number of phenols is 1. The van der Waals surface area contributed by atoms with Crippen molar-refractivity contribution < 1.29 is 28.8 Å². The van der Waals surface area contributed by atoms with Gasteiger partial charge in [0, 0.05) is 5.56 Å². The van der Waals surface area contributed by atoms with Crippen molar-refractivity contribution in [3.05, 3.63) is 83.4 Å². The van der Waals surface area contributed by atoms with Gasteiger partial charge < -0.3 is 24.1 Å². The number of benzene rings is 3. The van der Waals surface area contributed by atoms with Gasteiger partial charge in [-0.05, 0) is 60.0 Å². The van der Waals surface area contributed by atoms with Crippen molar-refractivity contribution in [3.8, 4) is 23.0 Å². The molecule has 1 heterocycles. The Hall–Kier alpha value is -3.51. The Morgan fingerprint density at radius 1 is 1.00 bits per heavy atom. The first kappa shape index (κ1) is 22.7. The van der Waals surface area contributed by atoms with Crippen LogP contribution in [0.25, 0.3) is 0 Å². The van der Waals surface area contributed by atoms with E-state index in [1.807, 2.05) is 48.5 Å². The van der Waals surface area contributed by atoms with Crippen LogP contribution in [-0.4, -0.2) is 24.6 Å². The smallest absolute Gasteiger partial charge is 0.245 e. The number of aromatic hydroxyl groups is 1. The Kier molecular flexibility index (Phi) is 6.56. The summed E-state index contributed by atoms with van der Waals surface area (Å²) in [4.78, 5) is 13.1. The van der Waals surface area contributed by atoms with Crippen molar-refractivity contribution in [1.29, 1.82) is 0 Å². The van der Waals surface area contributed by atoms with Crippen LogP contribution in [0.2, 0.25) is 0 Å². The summed E-state index contributed by atoms with van der Waals surface area (Å²) < 4.78 is 23.6. The minimum atomic E-state index is -1.34. The fourth-order valence-electron chi connectivity index (χ4n) is 3.71. The molecule has 6 heteroatoms. The van der Waals surface area contributed by atoms with Crippen LogP contribution in [0.15, 0.2) is 66.7 Å². The first-order chi connectivity index (χ1) is 15.9. The van der Waals surface area contributed by atoms with Crippen LogP contribution in [0.5, 0.6) is 23.0 Å². The maximum atomic E-state index is 13.1. The fourth-order valence-corrected chi connectivity index (χ4v) is 3.71. The molecule has 4 rings (SSSR count). The summed E-state index contributed by atoms with van der Waals surface area (Å²) in [6.07, 6.45) is -0.0695. The molecular formula is C27H28O6. The van der Waals surface area contributed by atoms with Crippen LogP contribution >= 0.6 is 0 Å². The highest BCUT2D eigenvalue weighted by Gasteiger charge is 2.44. The van der Waals surface area contributed by atoms with Crippen molar-refractivity contribution in [2.45, 2.75) is 32.7 Å². The number of carbonyl (C=O) groups is 1. The Balaban J connectivity index is 1.65. The predicted molar refractivity (Wildman–Crippen MR) is 124 cm³/mol. The third-order valence-electron chi connectivity index (χ3n) is 5.46. The molecule has 1 unspecified atom stereocenters. The van der Waals surface area contributed by atoms with Gasteiger partial charge in [0.2, 0.25) is 5.79 Å². The van der Waals surface area contributed by atoms with Crippen LogP contribution < -0.4 is 14.2 Å². The Morgan fingerprint density at radius 3 is 2.36 bits per heavy atom. The lowest BCUT2D eigenvalue weighted by molar-refractivity contribution is -0.201. The van der Waals surface area contributed by atoms with Crippen LogP contribution in [0, 0.1) is 5.92 Å². The first-order valence-corrected chi connectivity index (χ1v) is 10.9. The van der Waals surface area contributed by atoms with Crippen molar-refractivity contribution in [2.24, 2.45) is 5.92 Å². The molecule has 1 aliphatic heterocycles. The number of methoxy groups -OCH3 is 1. The molecule has 6 nitrogen and oxygen atoms in total. The van der Waals surface area contributed by atoms with E-state index in [-0.39, 0.29) is 30.1 Å². The third kappa shape index (κ3) is 4.96. The van der Waals surface area contributed by atoms with E-state index in [1.54, 1.807) is 19.2 Å². The molecule has 0 spiro atoms. The van der Waals surface area contributed by atoms with Crippen molar-refractivity contribution in [1.82, 2.24) is 0 Å².